The van der Waals surface area contributed by atoms with Gasteiger partial charge >= 0.3 is 0 Å². The summed E-state index contributed by atoms with van der Waals surface area (Å²) in [5.74, 6) is 0. The highest BCUT2D eigenvalue weighted by Gasteiger charge is 2.40. The van der Waals surface area contributed by atoms with Gasteiger partial charge in [0.2, 0.25) is 0 Å². The Morgan fingerprint density at radius 2 is 1.71 bits per heavy atom. The molecule has 0 spiro atoms. The molecule has 0 amide bonds. The van der Waals surface area contributed by atoms with Crippen LogP contribution in [0.2, 0.25) is 0 Å². The SMILES string of the molecule is O=[N+]([O-])c1ccccc1N1CCN(CCN2C[C@H](O)[C@@H](O)[C@H](O)[C@H]2CO)CC1. The summed E-state index contributed by atoms with van der Waals surface area (Å²) in [6.45, 7) is 3.91. The highest BCUT2D eigenvalue weighted by atomic mass is 16.6. The average Bonchev–Trinajstić information content (AvgIpc) is 2.71. The van der Waals surface area contributed by atoms with Gasteiger partial charge in [0.05, 0.1) is 23.7 Å². The van der Waals surface area contributed by atoms with E-state index in [0.29, 0.717) is 31.9 Å². The first-order valence-electron chi connectivity index (χ1n) is 9.52. The second-order valence-corrected chi connectivity index (χ2v) is 7.37. The van der Waals surface area contributed by atoms with Crippen molar-refractivity contribution in [2.45, 2.75) is 24.4 Å². The third-order valence-corrected chi connectivity index (χ3v) is 5.71. The Balaban J connectivity index is 1.53. The number of β-amino-alcohol motifs (C(OH)–C–C–N with tert-alkyl or cyclic N) is 1. The fraction of sp³-hybridized carbons (Fsp3) is 0.667. The van der Waals surface area contributed by atoms with Gasteiger partial charge < -0.3 is 25.3 Å². The first kappa shape index (κ1) is 20.9. The molecule has 3 rings (SSSR count). The number of likely N-dealkylation sites (tertiary alicyclic amines) is 1. The molecule has 0 unspecified atom stereocenters. The molecule has 0 aromatic heterocycles. The Kier molecular flexibility index (Phi) is 6.81. The number of nitro groups is 1. The van der Waals surface area contributed by atoms with Crippen molar-refractivity contribution in [1.29, 1.82) is 0 Å². The lowest BCUT2D eigenvalue weighted by molar-refractivity contribution is -0.384. The van der Waals surface area contributed by atoms with E-state index in [1.165, 1.54) is 6.07 Å². The number of anilines is 1. The molecule has 28 heavy (non-hydrogen) atoms. The molecule has 0 aliphatic carbocycles. The Bertz CT molecular complexity index is 669. The number of nitro benzene ring substituents is 1. The number of nitrogens with zero attached hydrogens (tertiary/aromatic N) is 4. The van der Waals surface area contributed by atoms with Gasteiger partial charge in [0.1, 0.15) is 17.9 Å². The van der Waals surface area contributed by atoms with Gasteiger partial charge in [-0.15, -0.1) is 0 Å². The lowest BCUT2D eigenvalue weighted by Gasteiger charge is -2.44. The molecule has 4 atom stereocenters. The zero-order valence-corrected chi connectivity index (χ0v) is 15.7. The highest BCUT2D eigenvalue weighted by molar-refractivity contribution is 5.63. The van der Waals surface area contributed by atoms with Gasteiger partial charge in [0.25, 0.3) is 5.69 Å². The van der Waals surface area contributed by atoms with Gasteiger partial charge in [0, 0.05) is 51.9 Å². The number of hydrogen-bond acceptors (Lipinski definition) is 9. The first-order valence-corrected chi connectivity index (χ1v) is 9.52. The summed E-state index contributed by atoms with van der Waals surface area (Å²) in [6, 6.07) is 6.13. The van der Waals surface area contributed by atoms with Crippen LogP contribution < -0.4 is 4.90 Å². The molecule has 0 bridgehead atoms. The van der Waals surface area contributed by atoms with E-state index in [1.807, 2.05) is 4.90 Å². The summed E-state index contributed by atoms with van der Waals surface area (Å²) < 4.78 is 0. The molecule has 2 heterocycles. The van der Waals surface area contributed by atoms with E-state index in [2.05, 4.69) is 4.90 Å². The minimum Gasteiger partial charge on any atom is -0.395 e. The van der Waals surface area contributed by atoms with E-state index in [1.54, 1.807) is 23.1 Å². The van der Waals surface area contributed by atoms with Crippen LogP contribution in [0.3, 0.4) is 0 Å². The number of piperazine rings is 1. The predicted octanol–water partition coefficient (Wildman–Crippen LogP) is -1.52. The Labute approximate surface area is 163 Å². The number of benzene rings is 1. The maximum Gasteiger partial charge on any atom is 0.292 e. The van der Waals surface area contributed by atoms with Crippen LogP contribution in [0.1, 0.15) is 0 Å². The molecular weight excluding hydrogens is 368 g/mol. The third kappa shape index (κ3) is 4.43. The minimum absolute atomic E-state index is 0.108. The average molecular weight is 396 g/mol. The first-order chi connectivity index (χ1) is 13.4. The van der Waals surface area contributed by atoms with Crippen molar-refractivity contribution >= 4 is 11.4 Å². The van der Waals surface area contributed by atoms with Gasteiger partial charge in [-0.1, -0.05) is 12.1 Å². The molecule has 1 aromatic carbocycles. The van der Waals surface area contributed by atoms with Crippen molar-refractivity contribution in [3.05, 3.63) is 34.4 Å². The molecule has 2 aliphatic rings. The lowest BCUT2D eigenvalue weighted by atomic mass is 9.94. The van der Waals surface area contributed by atoms with Crippen LogP contribution in [0.5, 0.6) is 0 Å². The summed E-state index contributed by atoms with van der Waals surface area (Å²) in [7, 11) is 0. The number of hydrogen-bond donors (Lipinski definition) is 4. The number of aliphatic hydroxyl groups is 4. The van der Waals surface area contributed by atoms with Crippen molar-refractivity contribution in [2.75, 3.05) is 57.3 Å². The normalized spacial score (nSPS) is 29.8. The van der Waals surface area contributed by atoms with Crippen LogP contribution >= 0.6 is 0 Å². The number of para-hydroxylation sites is 2. The van der Waals surface area contributed by atoms with Gasteiger partial charge in [0.15, 0.2) is 0 Å². The number of rotatable bonds is 6. The van der Waals surface area contributed by atoms with E-state index in [4.69, 9.17) is 0 Å². The molecular formula is C18H28N4O6. The van der Waals surface area contributed by atoms with E-state index in [-0.39, 0.29) is 23.8 Å². The summed E-state index contributed by atoms with van der Waals surface area (Å²) in [4.78, 5) is 16.9. The largest absolute Gasteiger partial charge is 0.395 e. The fourth-order valence-electron chi connectivity index (χ4n) is 4.00. The summed E-state index contributed by atoms with van der Waals surface area (Å²) in [6.07, 6.45) is -3.49. The second-order valence-electron chi connectivity index (χ2n) is 7.37. The van der Waals surface area contributed by atoms with Crippen LogP contribution in [-0.2, 0) is 0 Å². The van der Waals surface area contributed by atoms with Crippen LogP contribution in [0.25, 0.3) is 0 Å². The summed E-state index contributed by atoms with van der Waals surface area (Å²) in [5, 5.41) is 50.5. The highest BCUT2D eigenvalue weighted by Crippen LogP contribution is 2.28. The predicted molar refractivity (Wildman–Crippen MR) is 102 cm³/mol. The van der Waals surface area contributed by atoms with Crippen molar-refractivity contribution in [3.63, 3.8) is 0 Å². The molecule has 1 aromatic rings. The smallest absolute Gasteiger partial charge is 0.292 e. The Hall–Kier alpha value is -1.82. The fourth-order valence-corrected chi connectivity index (χ4v) is 4.00. The zero-order valence-electron chi connectivity index (χ0n) is 15.7. The molecule has 2 aliphatic heterocycles. The van der Waals surface area contributed by atoms with Crippen molar-refractivity contribution in [1.82, 2.24) is 9.80 Å². The topological polar surface area (TPSA) is 134 Å². The molecule has 2 saturated heterocycles. The second kappa shape index (κ2) is 9.12. The maximum atomic E-state index is 11.2. The zero-order chi connectivity index (χ0) is 20.3. The van der Waals surface area contributed by atoms with Gasteiger partial charge in [-0.2, -0.15) is 0 Å². The summed E-state index contributed by atoms with van der Waals surface area (Å²) in [5.41, 5.74) is 0.736. The van der Waals surface area contributed by atoms with Gasteiger partial charge in [-0.3, -0.25) is 19.9 Å². The van der Waals surface area contributed by atoms with Crippen molar-refractivity contribution in [3.8, 4) is 0 Å². The quantitative estimate of drug-likeness (QED) is 0.334. The molecule has 10 heteroatoms. The van der Waals surface area contributed by atoms with Crippen LogP contribution in [0, 0.1) is 10.1 Å². The van der Waals surface area contributed by atoms with Crippen LogP contribution in [-0.4, -0.2) is 112 Å². The van der Waals surface area contributed by atoms with Crippen LogP contribution in [0.15, 0.2) is 24.3 Å². The van der Waals surface area contributed by atoms with E-state index < -0.39 is 24.4 Å². The number of piperidine rings is 1. The lowest BCUT2D eigenvalue weighted by Crippen LogP contribution is -2.63. The van der Waals surface area contributed by atoms with Gasteiger partial charge in [-0.05, 0) is 6.07 Å². The third-order valence-electron chi connectivity index (χ3n) is 5.71. The minimum atomic E-state index is -1.25. The standard InChI is InChI=1S/C18H28N4O6/c23-12-15-17(25)18(26)16(24)11-21(15)10-7-19-5-8-20(9-6-19)13-3-1-2-4-14(13)22(27)28/h1-4,15-18,23-26H,5-12H2/t15-,16+,17-,18-/m1/s1. The van der Waals surface area contributed by atoms with E-state index >= 15 is 0 Å². The number of aliphatic hydroxyl groups excluding tert-OH is 4. The Morgan fingerprint density at radius 3 is 2.36 bits per heavy atom. The molecule has 156 valence electrons. The molecule has 0 radical (unpaired) electrons. The summed E-state index contributed by atoms with van der Waals surface area (Å²) >= 11 is 0. The molecule has 10 nitrogen and oxygen atoms in total. The molecule has 4 N–H and O–H groups in total. The van der Waals surface area contributed by atoms with E-state index in [9.17, 15) is 30.5 Å². The van der Waals surface area contributed by atoms with E-state index in [0.717, 1.165) is 13.1 Å². The van der Waals surface area contributed by atoms with Crippen molar-refractivity contribution < 1.29 is 25.3 Å². The van der Waals surface area contributed by atoms with Crippen molar-refractivity contribution in [2.24, 2.45) is 0 Å². The van der Waals surface area contributed by atoms with Gasteiger partial charge in [-0.25, -0.2) is 0 Å². The monoisotopic (exact) mass is 396 g/mol. The van der Waals surface area contributed by atoms with Crippen LogP contribution in [0.4, 0.5) is 11.4 Å². The molecule has 2 fully saturated rings. The Morgan fingerprint density at radius 1 is 1.04 bits per heavy atom. The molecule has 0 saturated carbocycles. The maximum absolute atomic E-state index is 11.2.